The Morgan fingerprint density at radius 1 is 1.43 bits per heavy atom. The van der Waals surface area contributed by atoms with Gasteiger partial charge in [-0.1, -0.05) is 0 Å². The zero-order chi connectivity index (χ0) is 14.8. The van der Waals surface area contributed by atoms with Crippen LogP contribution in [0.2, 0.25) is 0 Å². The summed E-state index contributed by atoms with van der Waals surface area (Å²) in [6.07, 6.45) is 1.62. The zero-order valence-corrected chi connectivity index (χ0v) is 11.8. The van der Waals surface area contributed by atoms with Crippen LogP contribution >= 0.6 is 0 Å². The van der Waals surface area contributed by atoms with Gasteiger partial charge in [0.2, 0.25) is 0 Å². The van der Waals surface area contributed by atoms with Crippen LogP contribution in [0.15, 0.2) is 24.4 Å². The predicted octanol–water partition coefficient (Wildman–Crippen LogP) is 0.468. The van der Waals surface area contributed by atoms with Crippen molar-refractivity contribution in [2.24, 2.45) is 0 Å². The van der Waals surface area contributed by atoms with Crippen molar-refractivity contribution in [1.82, 2.24) is 19.7 Å². The van der Waals surface area contributed by atoms with E-state index < -0.39 is 0 Å². The van der Waals surface area contributed by atoms with E-state index in [1.807, 2.05) is 10.7 Å². The van der Waals surface area contributed by atoms with Crippen molar-refractivity contribution in [3.8, 4) is 0 Å². The second-order valence-electron chi connectivity index (χ2n) is 4.91. The quantitative estimate of drug-likeness (QED) is 0.857. The average Bonchev–Trinajstić information content (AvgIpc) is 2.96. The molecular weight excluding hydrogens is 270 g/mol. The number of fused-ring (bicyclic) bond motifs is 1. The Labute approximate surface area is 122 Å². The molecule has 2 N–H and O–H groups in total. The summed E-state index contributed by atoms with van der Waals surface area (Å²) < 4.78 is 1.85. The molecule has 0 radical (unpaired) electrons. The van der Waals surface area contributed by atoms with Crippen LogP contribution in [0.1, 0.15) is 21.7 Å². The maximum Gasteiger partial charge on any atom is 0.254 e. The van der Waals surface area contributed by atoms with Gasteiger partial charge in [-0.3, -0.25) is 9.48 Å². The molecule has 3 rings (SSSR count). The lowest BCUT2D eigenvalue weighted by Crippen LogP contribution is -2.38. The van der Waals surface area contributed by atoms with Crippen LogP contribution < -0.4 is 5.32 Å². The van der Waals surface area contributed by atoms with Gasteiger partial charge in [0.25, 0.3) is 5.91 Å². The molecule has 0 atom stereocenters. The van der Waals surface area contributed by atoms with Gasteiger partial charge in [-0.05, 0) is 18.2 Å². The number of aliphatic hydroxyl groups excluding tert-OH is 1. The van der Waals surface area contributed by atoms with Crippen molar-refractivity contribution in [3.63, 3.8) is 0 Å². The third-order valence-electron chi connectivity index (χ3n) is 3.56. The SMILES string of the molecule is CNc1cc(C(=O)N2CCn3nc(CO)cc3C2)ccn1. The molecule has 0 bridgehead atoms. The van der Waals surface area contributed by atoms with Gasteiger partial charge in [-0.2, -0.15) is 5.10 Å². The molecule has 0 spiro atoms. The Morgan fingerprint density at radius 2 is 2.29 bits per heavy atom. The molecule has 2 aromatic heterocycles. The minimum absolute atomic E-state index is 0.0214. The van der Waals surface area contributed by atoms with E-state index in [1.165, 1.54) is 0 Å². The van der Waals surface area contributed by atoms with Crippen molar-refractivity contribution in [1.29, 1.82) is 0 Å². The van der Waals surface area contributed by atoms with Gasteiger partial charge in [0.05, 0.1) is 31.1 Å². The van der Waals surface area contributed by atoms with Crippen LogP contribution in [-0.2, 0) is 19.7 Å². The number of nitrogens with zero attached hydrogens (tertiary/aromatic N) is 4. The molecule has 3 heterocycles. The van der Waals surface area contributed by atoms with Crippen LogP contribution in [0.4, 0.5) is 5.82 Å². The minimum atomic E-state index is -0.0795. The molecule has 1 aliphatic rings. The summed E-state index contributed by atoms with van der Waals surface area (Å²) in [6.45, 7) is 1.67. The lowest BCUT2D eigenvalue weighted by Gasteiger charge is -2.27. The number of rotatable bonds is 3. The van der Waals surface area contributed by atoms with E-state index in [4.69, 9.17) is 5.11 Å². The van der Waals surface area contributed by atoms with Crippen LogP contribution in [0.25, 0.3) is 0 Å². The Morgan fingerprint density at radius 3 is 3.05 bits per heavy atom. The van der Waals surface area contributed by atoms with E-state index in [9.17, 15) is 4.79 Å². The molecule has 2 aromatic rings. The predicted molar refractivity (Wildman–Crippen MR) is 76.7 cm³/mol. The first-order valence-corrected chi connectivity index (χ1v) is 6.81. The number of nitrogens with one attached hydrogen (secondary N) is 1. The third-order valence-corrected chi connectivity index (χ3v) is 3.56. The second-order valence-corrected chi connectivity index (χ2v) is 4.91. The first-order valence-electron chi connectivity index (χ1n) is 6.81. The van der Waals surface area contributed by atoms with Crippen LogP contribution in [0.5, 0.6) is 0 Å². The Kier molecular flexibility index (Phi) is 3.57. The summed E-state index contributed by atoms with van der Waals surface area (Å²) in [4.78, 5) is 18.4. The van der Waals surface area contributed by atoms with Crippen molar-refractivity contribution < 1.29 is 9.90 Å². The highest BCUT2D eigenvalue weighted by molar-refractivity contribution is 5.94. The molecule has 0 saturated carbocycles. The summed E-state index contributed by atoms with van der Waals surface area (Å²) in [5, 5.41) is 16.3. The van der Waals surface area contributed by atoms with E-state index in [0.717, 1.165) is 5.69 Å². The molecule has 0 saturated heterocycles. The van der Waals surface area contributed by atoms with Crippen LogP contribution in [0.3, 0.4) is 0 Å². The van der Waals surface area contributed by atoms with Gasteiger partial charge in [-0.25, -0.2) is 4.98 Å². The molecule has 21 heavy (non-hydrogen) atoms. The monoisotopic (exact) mass is 287 g/mol. The number of pyridine rings is 1. The molecule has 7 heteroatoms. The van der Waals surface area contributed by atoms with E-state index in [-0.39, 0.29) is 12.5 Å². The van der Waals surface area contributed by atoms with Crippen molar-refractivity contribution in [3.05, 3.63) is 41.3 Å². The number of hydrogen-bond acceptors (Lipinski definition) is 5. The Balaban J connectivity index is 1.80. The highest BCUT2D eigenvalue weighted by Crippen LogP contribution is 2.17. The summed E-state index contributed by atoms with van der Waals surface area (Å²) in [5.74, 6) is 0.650. The number of carbonyl (C=O) groups is 1. The van der Waals surface area contributed by atoms with Crippen molar-refractivity contribution in [2.45, 2.75) is 19.7 Å². The van der Waals surface area contributed by atoms with Crippen LogP contribution in [0, 0.1) is 0 Å². The van der Waals surface area contributed by atoms with E-state index >= 15 is 0 Å². The smallest absolute Gasteiger partial charge is 0.254 e. The summed E-state index contributed by atoms with van der Waals surface area (Å²) in [5.41, 5.74) is 2.20. The molecule has 110 valence electrons. The van der Waals surface area contributed by atoms with Crippen LogP contribution in [-0.4, -0.2) is 44.3 Å². The van der Waals surface area contributed by atoms with Gasteiger partial charge in [-0.15, -0.1) is 0 Å². The fraction of sp³-hybridized carbons (Fsp3) is 0.357. The maximum atomic E-state index is 12.5. The molecule has 0 fully saturated rings. The molecule has 0 unspecified atom stereocenters. The van der Waals surface area contributed by atoms with Crippen molar-refractivity contribution >= 4 is 11.7 Å². The largest absolute Gasteiger partial charge is 0.390 e. The molecular formula is C14H17N5O2. The minimum Gasteiger partial charge on any atom is -0.390 e. The zero-order valence-electron chi connectivity index (χ0n) is 11.8. The lowest BCUT2D eigenvalue weighted by molar-refractivity contribution is 0.0706. The Bertz CT molecular complexity index is 667. The third kappa shape index (κ3) is 2.59. The van der Waals surface area contributed by atoms with E-state index in [2.05, 4.69) is 15.4 Å². The van der Waals surface area contributed by atoms with Gasteiger partial charge in [0.15, 0.2) is 0 Å². The first kappa shape index (κ1) is 13.6. The first-order chi connectivity index (χ1) is 10.2. The fourth-order valence-electron chi connectivity index (χ4n) is 2.46. The maximum absolute atomic E-state index is 12.5. The summed E-state index contributed by atoms with van der Waals surface area (Å²) in [7, 11) is 1.77. The Hall–Kier alpha value is -2.41. The van der Waals surface area contributed by atoms with Gasteiger partial charge in [0, 0.05) is 25.4 Å². The van der Waals surface area contributed by atoms with E-state index in [0.29, 0.717) is 36.7 Å². The number of aliphatic hydroxyl groups is 1. The molecule has 0 aliphatic carbocycles. The van der Waals surface area contributed by atoms with E-state index in [1.54, 1.807) is 30.3 Å². The topological polar surface area (TPSA) is 83.3 Å². The van der Waals surface area contributed by atoms with Gasteiger partial charge < -0.3 is 15.3 Å². The molecule has 1 amide bonds. The summed E-state index contributed by atoms with van der Waals surface area (Å²) >= 11 is 0. The van der Waals surface area contributed by atoms with Gasteiger partial charge >= 0.3 is 0 Å². The number of hydrogen-bond donors (Lipinski definition) is 2. The number of anilines is 1. The number of carbonyl (C=O) groups excluding carboxylic acids is 1. The van der Waals surface area contributed by atoms with Gasteiger partial charge in [0.1, 0.15) is 5.82 Å². The number of aromatic nitrogens is 3. The summed E-state index contributed by atoms with van der Waals surface area (Å²) in [6, 6.07) is 5.30. The highest BCUT2D eigenvalue weighted by Gasteiger charge is 2.23. The average molecular weight is 287 g/mol. The highest BCUT2D eigenvalue weighted by atomic mass is 16.3. The molecule has 0 aromatic carbocycles. The number of amides is 1. The lowest BCUT2D eigenvalue weighted by atomic mass is 10.2. The second kappa shape index (κ2) is 5.53. The van der Waals surface area contributed by atoms with Crippen molar-refractivity contribution in [2.75, 3.05) is 18.9 Å². The normalized spacial score (nSPS) is 13.9. The molecule has 7 nitrogen and oxygen atoms in total. The standard InChI is InChI=1S/C14H17N5O2/c1-15-13-6-10(2-3-16-13)14(21)18-4-5-19-12(8-18)7-11(9-20)17-19/h2-3,6-7,20H,4-5,8-9H2,1H3,(H,15,16). The molecule has 1 aliphatic heterocycles. The fourth-order valence-corrected chi connectivity index (χ4v) is 2.46.